The maximum Gasteiger partial charge on any atom is 0.573 e. The van der Waals surface area contributed by atoms with Gasteiger partial charge in [-0.05, 0) is 48.7 Å². The van der Waals surface area contributed by atoms with E-state index in [-0.39, 0.29) is 30.5 Å². The van der Waals surface area contributed by atoms with Gasteiger partial charge in [0.1, 0.15) is 10.9 Å². The summed E-state index contributed by atoms with van der Waals surface area (Å²) in [5.74, 6) is -0.384. The first-order valence-electron chi connectivity index (χ1n) is 10.0. The molecular weight excluding hydrogens is 465 g/mol. The maximum absolute atomic E-state index is 13.4. The number of alkyl halides is 3. The number of aromatic nitrogens is 1. The lowest BCUT2D eigenvalue weighted by Crippen LogP contribution is -2.49. The Balaban J connectivity index is 1.70. The van der Waals surface area contributed by atoms with Gasteiger partial charge >= 0.3 is 18.5 Å². The lowest BCUT2D eigenvalue weighted by molar-refractivity contribution is -0.274. The van der Waals surface area contributed by atoms with E-state index in [1.165, 1.54) is 45.2 Å². The molecule has 176 valence electrons. The number of rotatable bonds is 2. The lowest BCUT2D eigenvalue weighted by Gasteiger charge is -2.39. The van der Waals surface area contributed by atoms with Gasteiger partial charge in [0.05, 0.1) is 0 Å². The van der Waals surface area contributed by atoms with E-state index in [2.05, 4.69) is 9.72 Å². The quantitative estimate of drug-likeness (QED) is 0.623. The lowest BCUT2D eigenvalue weighted by atomic mass is 9.74. The van der Waals surface area contributed by atoms with Gasteiger partial charge in [0.2, 0.25) is 0 Å². The van der Waals surface area contributed by atoms with Crippen LogP contribution < -0.4 is 14.5 Å². The molecule has 8 nitrogen and oxygen atoms in total. The predicted molar refractivity (Wildman–Crippen MR) is 114 cm³/mol. The molecule has 0 atom stereocenters. The summed E-state index contributed by atoms with van der Waals surface area (Å²) in [6.45, 7) is 0.612. The summed E-state index contributed by atoms with van der Waals surface area (Å²) in [5, 5.41) is 9.50. The number of hydrogen-bond donors (Lipinski definition) is 1. The third-order valence-corrected chi connectivity index (χ3v) is 6.34. The number of fused-ring (bicyclic) bond motifs is 2. The molecule has 2 aliphatic rings. The van der Waals surface area contributed by atoms with E-state index < -0.39 is 23.9 Å². The van der Waals surface area contributed by atoms with Gasteiger partial charge in [-0.3, -0.25) is 9.80 Å². The molecule has 0 aliphatic carbocycles. The van der Waals surface area contributed by atoms with Crippen molar-refractivity contribution in [3.05, 3.63) is 47.2 Å². The molecule has 33 heavy (non-hydrogen) atoms. The fraction of sp³-hybridized carbons (Fsp3) is 0.381. The SMILES string of the molecule is CN(C(=O)N1CC2(CCN(C(=O)O)CC2)c2cc(OC(F)(F)F)ccc21)c1ccnc(Cl)c1. The Morgan fingerprint density at radius 2 is 1.91 bits per heavy atom. The highest BCUT2D eigenvalue weighted by Gasteiger charge is 2.48. The van der Waals surface area contributed by atoms with Crippen LogP contribution >= 0.6 is 11.6 Å². The fourth-order valence-electron chi connectivity index (χ4n) is 4.46. The number of hydrogen-bond acceptors (Lipinski definition) is 4. The number of carbonyl (C=O) groups is 2. The monoisotopic (exact) mass is 484 g/mol. The van der Waals surface area contributed by atoms with Crippen molar-refractivity contribution in [2.75, 3.05) is 36.5 Å². The number of amides is 3. The molecule has 0 radical (unpaired) electrons. The van der Waals surface area contributed by atoms with Gasteiger partial charge in [-0.1, -0.05) is 11.6 Å². The second-order valence-corrected chi connectivity index (χ2v) is 8.43. The number of anilines is 2. The number of pyridine rings is 1. The Kier molecular flexibility index (Phi) is 5.77. The van der Waals surface area contributed by atoms with Crippen LogP contribution in [-0.4, -0.2) is 60.2 Å². The second kappa shape index (κ2) is 8.29. The molecule has 1 N–H and O–H groups in total. The van der Waals surface area contributed by atoms with E-state index in [1.807, 2.05) is 0 Å². The van der Waals surface area contributed by atoms with Crippen LogP contribution in [-0.2, 0) is 5.41 Å². The van der Waals surface area contributed by atoms with Crippen molar-refractivity contribution in [2.24, 2.45) is 0 Å². The third kappa shape index (κ3) is 4.50. The fourth-order valence-corrected chi connectivity index (χ4v) is 4.63. The summed E-state index contributed by atoms with van der Waals surface area (Å²) < 4.78 is 42.6. The second-order valence-electron chi connectivity index (χ2n) is 8.04. The number of ether oxygens (including phenoxy) is 1. The van der Waals surface area contributed by atoms with Crippen LogP contribution in [0.15, 0.2) is 36.5 Å². The van der Waals surface area contributed by atoms with E-state index in [4.69, 9.17) is 11.6 Å². The molecule has 0 saturated carbocycles. The molecule has 0 unspecified atom stereocenters. The topological polar surface area (TPSA) is 86.2 Å². The van der Waals surface area contributed by atoms with Crippen LogP contribution in [0.4, 0.5) is 34.1 Å². The number of nitrogens with zero attached hydrogens (tertiary/aromatic N) is 4. The molecule has 0 bridgehead atoms. The van der Waals surface area contributed by atoms with Crippen molar-refractivity contribution < 1.29 is 32.6 Å². The summed E-state index contributed by atoms with van der Waals surface area (Å²) in [6.07, 6.45) is -3.74. The number of carboxylic acid groups (broad SMARTS) is 1. The van der Waals surface area contributed by atoms with Crippen molar-refractivity contribution in [3.8, 4) is 5.75 Å². The van der Waals surface area contributed by atoms with E-state index in [1.54, 1.807) is 13.1 Å². The third-order valence-electron chi connectivity index (χ3n) is 6.13. The Morgan fingerprint density at radius 1 is 1.21 bits per heavy atom. The van der Waals surface area contributed by atoms with Gasteiger partial charge < -0.3 is 14.7 Å². The summed E-state index contributed by atoms with van der Waals surface area (Å²) in [4.78, 5) is 32.8. The first kappa shape index (κ1) is 23.0. The highest BCUT2D eigenvalue weighted by Crippen LogP contribution is 2.49. The molecule has 2 aliphatic heterocycles. The smallest absolute Gasteiger partial charge is 0.465 e. The molecule has 3 amide bonds. The Bertz CT molecular complexity index is 1090. The molecule has 1 aromatic carbocycles. The normalized spacial score (nSPS) is 17.1. The zero-order chi connectivity index (χ0) is 24.0. The number of likely N-dealkylation sites (tertiary alicyclic amines) is 1. The molecule has 1 saturated heterocycles. The van der Waals surface area contributed by atoms with Crippen LogP contribution in [0, 0.1) is 0 Å². The van der Waals surface area contributed by atoms with Crippen molar-refractivity contribution in [2.45, 2.75) is 24.6 Å². The largest absolute Gasteiger partial charge is 0.573 e. The van der Waals surface area contributed by atoms with Gasteiger partial charge in [-0.15, -0.1) is 13.2 Å². The first-order chi connectivity index (χ1) is 15.5. The summed E-state index contributed by atoms with van der Waals surface area (Å²) in [6, 6.07) is 6.64. The van der Waals surface area contributed by atoms with Gasteiger partial charge in [-0.25, -0.2) is 14.6 Å². The number of benzene rings is 1. The van der Waals surface area contributed by atoms with Gasteiger partial charge in [-0.2, -0.15) is 0 Å². The number of urea groups is 1. The van der Waals surface area contributed by atoms with E-state index in [9.17, 15) is 27.9 Å². The van der Waals surface area contributed by atoms with Crippen LogP contribution in [0.3, 0.4) is 0 Å². The Morgan fingerprint density at radius 3 is 2.52 bits per heavy atom. The number of piperidine rings is 1. The van der Waals surface area contributed by atoms with E-state index >= 15 is 0 Å². The first-order valence-corrected chi connectivity index (χ1v) is 10.4. The standard InChI is InChI=1S/C21H20ClF3N4O4/c1-27(13-4-7-26-17(22)10-13)18(30)29-12-20(5-8-28(9-6-20)19(31)32)15-11-14(2-3-16(15)29)33-21(23,24)25/h2-4,7,10-11H,5-6,8-9,12H2,1H3,(H,31,32). The molecule has 1 spiro atoms. The van der Waals surface area contributed by atoms with Crippen LogP contribution in [0.25, 0.3) is 0 Å². The summed E-state index contributed by atoms with van der Waals surface area (Å²) in [7, 11) is 1.56. The molecule has 1 aromatic heterocycles. The minimum absolute atomic E-state index is 0.202. The number of halogens is 4. The molecular formula is C21H20ClF3N4O4. The van der Waals surface area contributed by atoms with Crippen molar-refractivity contribution in [1.82, 2.24) is 9.88 Å². The zero-order valence-corrected chi connectivity index (χ0v) is 18.2. The Labute approximate surface area is 192 Å². The highest BCUT2D eigenvalue weighted by molar-refractivity contribution is 6.29. The average molecular weight is 485 g/mol. The van der Waals surface area contributed by atoms with E-state index in [0.717, 1.165) is 0 Å². The molecule has 4 rings (SSSR count). The molecule has 12 heteroatoms. The van der Waals surface area contributed by atoms with Crippen molar-refractivity contribution in [3.63, 3.8) is 0 Å². The van der Waals surface area contributed by atoms with Gasteiger partial charge in [0.15, 0.2) is 0 Å². The zero-order valence-electron chi connectivity index (χ0n) is 17.5. The van der Waals surface area contributed by atoms with Crippen LogP contribution in [0.2, 0.25) is 5.15 Å². The predicted octanol–water partition coefficient (Wildman–Crippen LogP) is 4.72. The van der Waals surface area contributed by atoms with Crippen molar-refractivity contribution >= 4 is 35.1 Å². The Hall–Kier alpha value is -3.21. The van der Waals surface area contributed by atoms with Crippen molar-refractivity contribution in [1.29, 1.82) is 0 Å². The summed E-state index contributed by atoms with van der Waals surface area (Å²) >= 11 is 5.94. The van der Waals surface area contributed by atoms with Crippen LogP contribution in [0.1, 0.15) is 18.4 Å². The average Bonchev–Trinajstić information content (AvgIpc) is 3.05. The molecule has 1 fully saturated rings. The minimum atomic E-state index is -4.86. The number of carbonyl (C=O) groups excluding carboxylic acids is 1. The van der Waals surface area contributed by atoms with Crippen LogP contribution in [0.5, 0.6) is 5.75 Å². The maximum atomic E-state index is 13.4. The van der Waals surface area contributed by atoms with Gasteiger partial charge in [0, 0.05) is 49.7 Å². The summed E-state index contributed by atoms with van der Waals surface area (Å²) in [5.41, 5.74) is 0.799. The van der Waals surface area contributed by atoms with Gasteiger partial charge in [0.25, 0.3) is 0 Å². The molecule has 2 aromatic rings. The minimum Gasteiger partial charge on any atom is -0.465 e. The molecule has 3 heterocycles. The highest BCUT2D eigenvalue weighted by atomic mass is 35.5. The van der Waals surface area contributed by atoms with E-state index in [0.29, 0.717) is 29.8 Å².